The molecule has 0 aliphatic heterocycles. The number of carbonyl (C=O) groups is 1. The first-order valence-corrected chi connectivity index (χ1v) is 12.6. The third kappa shape index (κ3) is 4.29. The van der Waals surface area contributed by atoms with Crippen LogP contribution in [0.1, 0.15) is 64.7 Å². The number of rotatable bonds is 7. The van der Waals surface area contributed by atoms with E-state index < -0.39 is 5.60 Å². The zero-order valence-electron chi connectivity index (χ0n) is 20.1. The van der Waals surface area contributed by atoms with Gasteiger partial charge in [0.2, 0.25) is 0 Å². The Hall–Kier alpha value is -1.07. The van der Waals surface area contributed by atoms with Gasteiger partial charge < -0.3 is 20.1 Å². The monoisotopic (exact) mass is 432 g/mol. The highest BCUT2D eigenvalue weighted by Crippen LogP contribution is 2.64. The Morgan fingerprint density at radius 2 is 1.90 bits per heavy atom. The number of nitrogens with one attached hydrogen (secondary N) is 1. The normalized spacial score (nSPS) is 44.4. The lowest BCUT2D eigenvalue weighted by Crippen LogP contribution is -2.52. The number of methoxy groups -OCH3 is 1. The molecule has 8 atom stereocenters. The van der Waals surface area contributed by atoms with E-state index >= 15 is 0 Å². The molecule has 3 unspecified atom stereocenters. The minimum atomic E-state index is -0.607. The topological polar surface area (TPSA) is 61.8 Å². The number of fused-ring (bicyclic) bond motifs is 5. The first-order valence-electron chi connectivity index (χ1n) is 12.6. The Morgan fingerprint density at radius 3 is 2.65 bits per heavy atom. The molecule has 4 rings (SSSR count). The summed E-state index contributed by atoms with van der Waals surface area (Å²) in [6.45, 7) is 3.44. The summed E-state index contributed by atoms with van der Waals surface area (Å²) < 4.78 is 5.33. The molecule has 0 heterocycles. The molecule has 5 heteroatoms. The predicted octanol–water partition coefficient (Wildman–Crippen LogP) is 3.82. The minimum absolute atomic E-state index is 0.185. The van der Waals surface area contributed by atoms with Crippen LogP contribution in [0.25, 0.3) is 0 Å². The molecule has 5 nitrogen and oxygen atoms in total. The molecule has 4 fully saturated rings. The average molecular weight is 433 g/mol. The summed E-state index contributed by atoms with van der Waals surface area (Å²) in [5.41, 5.74) is -0.422. The van der Waals surface area contributed by atoms with Crippen molar-refractivity contribution < 1.29 is 14.6 Å². The van der Waals surface area contributed by atoms with E-state index in [4.69, 9.17) is 4.74 Å². The van der Waals surface area contributed by atoms with Crippen molar-refractivity contribution in [3.63, 3.8) is 0 Å². The van der Waals surface area contributed by atoms with Crippen molar-refractivity contribution >= 4 is 5.78 Å². The largest absolute Gasteiger partial charge is 0.393 e. The minimum Gasteiger partial charge on any atom is -0.393 e. The molecule has 0 saturated heterocycles. The third-order valence-corrected chi connectivity index (χ3v) is 9.81. The molecule has 4 saturated carbocycles. The number of hydrogen-bond donors (Lipinski definition) is 2. The smallest absolute Gasteiger partial charge is 0.155 e. The van der Waals surface area contributed by atoms with E-state index in [9.17, 15) is 9.90 Å². The molecule has 0 aromatic carbocycles. The second kappa shape index (κ2) is 9.05. The number of hydrogen-bond acceptors (Lipinski definition) is 5. The highest BCUT2D eigenvalue weighted by atomic mass is 16.5. The van der Waals surface area contributed by atoms with Crippen LogP contribution in [0.15, 0.2) is 12.4 Å². The fourth-order valence-corrected chi connectivity index (χ4v) is 8.50. The number of nitrogens with zero attached hydrogens (tertiary/aromatic N) is 1. The average Bonchev–Trinajstić information content (AvgIpc) is 3.09. The number of likely N-dealkylation sites (N-methyl/N-ethyl adjacent to an activating group) is 1. The number of carbonyl (C=O) groups excluding carboxylic acids is 1. The lowest BCUT2D eigenvalue weighted by atomic mass is 9.49. The number of aliphatic hydroxyl groups is 1. The van der Waals surface area contributed by atoms with Gasteiger partial charge in [0.1, 0.15) is 0 Å². The van der Waals surface area contributed by atoms with Crippen molar-refractivity contribution in [2.45, 2.75) is 70.3 Å². The molecule has 0 radical (unpaired) electrons. The zero-order valence-corrected chi connectivity index (χ0v) is 20.1. The van der Waals surface area contributed by atoms with Crippen LogP contribution >= 0.6 is 0 Å². The molecular weight excluding hydrogens is 388 g/mol. The van der Waals surface area contributed by atoms with Crippen molar-refractivity contribution in [1.29, 1.82) is 0 Å². The van der Waals surface area contributed by atoms with Gasteiger partial charge in [-0.15, -0.1) is 0 Å². The Bertz CT molecular complexity index is 682. The molecule has 176 valence electrons. The molecule has 0 aromatic rings. The first-order chi connectivity index (χ1) is 14.8. The molecule has 4 aliphatic carbocycles. The van der Waals surface area contributed by atoms with E-state index in [0.717, 1.165) is 43.4 Å². The Kier molecular flexibility index (Phi) is 6.75. The highest BCUT2D eigenvalue weighted by molar-refractivity contribution is 5.84. The van der Waals surface area contributed by atoms with Crippen molar-refractivity contribution in [3.8, 4) is 0 Å². The maximum atomic E-state index is 13.3. The second-order valence-electron chi connectivity index (χ2n) is 11.5. The molecule has 2 N–H and O–H groups in total. The molecule has 31 heavy (non-hydrogen) atoms. The van der Waals surface area contributed by atoms with Crippen LogP contribution in [0.2, 0.25) is 0 Å². The maximum absolute atomic E-state index is 13.3. The standard InChI is InChI=1S/C26H44N2O3/c1-25-11-9-20-19-10-12-26(30,17-31-4)15-18(19)5-6-21(20)22(25)7-8-23(25)24(29)16-28(3)14-13-27-2/h13-14,18-23,27,30H,5-12,15-17H2,1-4H3/b14-13-/t18-,19+,20?,21?,22?,23-,25+,26-/m1/s1. The molecule has 0 spiro atoms. The molecule has 0 bridgehead atoms. The maximum Gasteiger partial charge on any atom is 0.155 e. The fraction of sp³-hybridized carbons (Fsp3) is 0.885. The Labute approximate surface area is 189 Å². The summed E-state index contributed by atoms with van der Waals surface area (Å²) in [6, 6.07) is 0. The van der Waals surface area contributed by atoms with Gasteiger partial charge in [0, 0.05) is 39.5 Å². The SMILES string of the molecule is CN/C=C\N(C)CC(=O)[C@H]1CCC2C3CC[C@@H]4C[C@@](O)(COC)CC[C@@H]4C3CC[C@@]21C. The molecule has 0 amide bonds. The first kappa shape index (κ1) is 23.1. The lowest BCUT2D eigenvalue weighted by molar-refractivity contribution is -0.136. The summed E-state index contributed by atoms with van der Waals surface area (Å²) in [4.78, 5) is 15.3. The van der Waals surface area contributed by atoms with Gasteiger partial charge in [0.05, 0.1) is 18.8 Å². The van der Waals surface area contributed by atoms with Gasteiger partial charge in [-0.1, -0.05) is 6.92 Å². The molecule has 4 aliphatic rings. The quantitative estimate of drug-likeness (QED) is 0.640. The summed E-state index contributed by atoms with van der Waals surface area (Å²) in [5, 5.41) is 13.9. The third-order valence-electron chi connectivity index (χ3n) is 9.81. The van der Waals surface area contributed by atoms with Crippen LogP contribution in [0.3, 0.4) is 0 Å². The van der Waals surface area contributed by atoms with Gasteiger partial charge in [-0.25, -0.2) is 0 Å². The molecule has 0 aromatic heterocycles. The van der Waals surface area contributed by atoms with E-state index in [2.05, 4.69) is 12.2 Å². The van der Waals surface area contributed by atoms with Crippen molar-refractivity contribution in [1.82, 2.24) is 10.2 Å². The van der Waals surface area contributed by atoms with Crippen LogP contribution in [0.5, 0.6) is 0 Å². The van der Waals surface area contributed by atoms with Gasteiger partial charge in [-0.05, 0) is 92.8 Å². The summed E-state index contributed by atoms with van der Waals surface area (Å²) >= 11 is 0. The van der Waals surface area contributed by atoms with Crippen LogP contribution in [-0.2, 0) is 9.53 Å². The van der Waals surface area contributed by atoms with Crippen LogP contribution < -0.4 is 5.32 Å². The van der Waals surface area contributed by atoms with Crippen molar-refractivity contribution in [2.75, 3.05) is 34.4 Å². The summed E-state index contributed by atoms with van der Waals surface area (Å²) in [6.07, 6.45) is 14.1. The van der Waals surface area contributed by atoms with E-state index in [1.54, 1.807) is 7.11 Å². The Balaban J connectivity index is 1.43. The van der Waals surface area contributed by atoms with Crippen LogP contribution in [-0.4, -0.2) is 55.7 Å². The predicted molar refractivity (Wildman–Crippen MR) is 123 cm³/mol. The fourth-order valence-electron chi connectivity index (χ4n) is 8.50. The number of Topliss-reactive ketones (excluding diaryl/α,β-unsaturated/α-hetero) is 1. The molecular formula is C26H44N2O3. The van der Waals surface area contributed by atoms with E-state index in [0.29, 0.717) is 30.8 Å². The zero-order chi connectivity index (χ0) is 22.2. The van der Waals surface area contributed by atoms with E-state index in [1.165, 1.54) is 32.1 Å². The van der Waals surface area contributed by atoms with Gasteiger partial charge >= 0.3 is 0 Å². The number of ether oxygens (including phenoxy) is 1. The van der Waals surface area contributed by atoms with Crippen LogP contribution in [0, 0.1) is 40.9 Å². The van der Waals surface area contributed by atoms with Gasteiger partial charge in [-0.3, -0.25) is 4.79 Å². The Morgan fingerprint density at radius 1 is 1.13 bits per heavy atom. The second-order valence-corrected chi connectivity index (χ2v) is 11.5. The van der Waals surface area contributed by atoms with Gasteiger partial charge in [-0.2, -0.15) is 0 Å². The lowest BCUT2D eigenvalue weighted by Gasteiger charge is -2.57. The number of ketones is 1. The van der Waals surface area contributed by atoms with Crippen molar-refractivity contribution in [3.05, 3.63) is 12.4 Å². The van der Waals surface area contributed by atoms with Gasteiger partial charge in [0.25, 0.3) is 0 Å². The summed E-state index contributed by atoms with van der Waals surface area (Å²) in [7, 11) is 5.58. The highest BCUT2D eigenvalue weighted by Gasteiger charge is 2.58. The summed E-state index contributed by atoms with van der Waals surface area (Å²) in [5.74, 6) is 4.38. The van der Waals surface area contributed by atoms with Crippen LogP contribution in [0.4, 0.5) is 0 Å². The van der Waals surface area contributed by atoms with E-state index in [1.807, 2.05) is 31.4 Å². The van der Waals surface area contributed by atoms with E-state index in [-0.39, 0.29) is 11.3 Å². The van der Waals surface area contributed by atoms with Crippen molar-refractivity contribution in [2.24, 2.45) is 40.9 Å². The van der Waals surface area contributed by atoms with Gasteiger partial charge in [0.15, 0.2) is 5.78 Å².